The molecule has 1 heterocycles. The number of esters is 1. The molecular formula is C21H29ClN4O3. The van der Waals surface area contributed by atoms with Crippen molar-refractivity contribution in [2.75, 3.05) is 47.9 Å². The number of carbonyl (C=O) groups is 1. The standard InChI is InChI=1S/C21H29ClN4O3/c1-15(26(4)5)14-29-20(27)17-13-23-21(28-12-8-11-25(2)3)24-19(17)16-9-6-7-10-18(16)22/h6-7,9-10,13,15H,8,11-12,14H2,1-5H3. The Hall–Kier alpha value is -2.22. The first-order chi connectivity index (χ1) is 13.8. The average molecular weight is 421 g/mol. The summed E-state index contributed by atoms with van der Waals surface area (Å²) in [4.78, 5) is 25.4. The summed E-state index contributed by atoms with van der Waals surface area (Å²) in [6.45, 7) is 3.61. The van der Waals surface area contributed by atoms with E-state index in [-0.39, 0.29) is 24.2 Å². The maximum absolute atomic E-state index is 12.7. The highest BCUT2D eigenvalue weighted by Crippen LogP contribution is 2.30. The van der Waals surface area contributed by atoms with E-state index in [2.05, 4.69) is 14.9 Å². The van der Waals surface area contributed by atoms with Crippen LogP contribution in [0.1, 0.15) is 23.7 Å². The van der Waals surface area contributed by atoms with Crippen LogP contribution in [0.5, 0.6) is 6.01 Å². The molecule has 8 heteroatoms. The van der Waals surface area contributed by atoms with Crippen LogP contribution in [-0.4, -0.2) is 79.7 Å². The van der Waals surface area contributed by atoms with Gasteiger partial charge in [-0.15, -0.1) is 0 Å². The minimum atomic E-state index is -0.493. The summed E-state index contributed by atoms with van der Waals surface area (Å²) >= 11 is 6.35. The predicted molar refractivity (Wildman–Crippen MR) is 115 cm³/mol. The predicted octanol–water partition coefficient (Wildman–Crippen LogP) is 3.23. The first-order valence-corrected chi connectivity index (χ1v) is 9.90. The molecule has 7 nitrogen and oxygen atoms in total. The fourth-order valence-corrected chi connectivity index (χ4v) is 2.64. The molecule has 0 fully saturated rings. The molecule has 158 valence electrons. The SMILES string of the molecule is CC(COC(=O)c1cnc(OCCCN(C)C)nc1-c1ccccc1Cl)N(C)C. The monoisotopic (exact) mass is 420 g/mol. The molecule has 2 aromatic rings. The lowest BCUT2D eigenvalue weighted by Crippen LogP contribution is -2.30. The third kappa shape index (κ3) is 6.96. The van der Waals surface area contributed by atoms with Gasteiger partial charge in [-0.3, -0.25) is 0 Å². The molecular weight excluding hydrogens is 392 g/mol. The second-order valence-corrected chi connectivity index (χ2v) is 7.72. The number of hydrogen-bond acceptors (Lipinski definition) is 7. The molecule has 0 amide bonds. The van der Waals surface area contributed by atoms with E-state index < -0.39 is 5.97 Å². The van der Waals surface area contributed by atoms with Gasteiger partial charge in [0, 0.05) is 29.4 Å². The Bertz CT molecular complexity index is 814. The molecule has 0 radical (unpaired) electrons. The average Bonchev–Trinajstić information content (AvgIpc) is 2.69. The van der Waals surface area contributed by atoms with Crippen LogP contribution in [0.25, 0.3) is 11.3 Å². The first kappa shape index (κ1) is 23.1. The van der Waals surface area contributed by atoms with Crippen LogP contribution in [0.4, 0.5) is 0 Å². The maximum Gasteiger partial charge on any atom is 0.342 e. The summed E-state index contributed by atoms with van der Waals surface area (Å²) in [5, 5.41) is 0.487. The van der Waals surface area contributed by atoms with E-state index in [0.29, 0.717) is 22.9 Å². The van der Waals surface area contributed by atoms with Crippen LogP contribution in [0.2, 0.25) is 5.02 Å². The second kappa shape index (κ2) is 11.1. The highest BCUT2D eigenvalue weighted by Gasteiger charge is 2.21. The van der Waals surface area contributed by atoms with Gasteiger partial charge in [-0.25, -0.2) is 9.78 Å². The van der Waals surface area contributed by atoms with E-state index >= 15 is 0 Å². The van der Waals surface area contributed by atoms with Crippen LogP contribution in [0.3, 0.4) is 0 Å². The number of halogens is 1. The molecule has 0 saturated carbocycles. The van der Waals surface area contributed by atoms with Crippen molar-refractivity contribution in [1.29, 1.82) is 0 Å². The first-order valence-electron chi connectivity index (χ1n) is 9.52. The number of rotatable bonds is 10. The van der Waals surface area contributed by atoms with Gasteiger partial charge in [-0.2, -0.15) is 4.98 Å². The van der Waals surface area contributed by atoms with Gasteiger partial charge < -0.3 is 19.3 Å². The van der Waals surface area contributed by atoms with Crippen molar-refractivity contribution < 1.29 is 14.3 Å². The Balaban J connectivity index is 2.25. The van der Waals surface area contributed by atoms with E-state index in [1.807, 2.05) is 52.1 Å². The van der Waals surface area contributed by atoms with Crippen molar-refractivity contribution >= 4 is 17.6 Å². The third-order valence-electron chi connectivity index (χ3n) is 4.43. The zero-order valence-electron chi connectivity index (χ0n) is 17.7. The van der Waals surface area contributed by atoms with E-state index in [4.69, 9.17) is 21.1 Å². The zero-order chi connectivity index (χ0) is 21.4. The number of hydrogen-bond donors (Lipinski definition) is 0. The molecule has 2 rings (SSSR count). The number of nitrogens with zero attached hydrogens (tertiary/aromatic N) is 4. The quantitative estimate of drug-likeness (QED) is 0.431. The Morgan fingerprint density at radius 2 is 1.93 bits per heavy atom. The highest BCUT2D eigenvalue weighted by molar-refractivity contribution is 6.33. The van der Waals surface area contributed by atoms with Crippen molar-refractivity contribution in [2.45, 2.75) is 19.4 Å². The molecule has 1 aromatic carbocycles. The summed E-state index contributed by atoms with van der Waals surface area (Å²) in [5.41, 5.74) is 1.28. The lowest BCUT2D eigenvalue weighted by Gasteiger charge is -2.19. The van der Waals surface area contributed by atoms with Gasteiger partial charge in [0.1, 0.15) is 12.2 Å². The summed E-state index contributed by atoms with van der Waals surface area (Å²) < 4.78 is 11.1. The van der Waals surface area contributed by atoms with Gasteiger partial charge in [0.25, 0.3) is 0 Å². The van der Waals surface area contributed by atoms with Gasteiger partial charge in [-0.1, -0.05) is 29.8 Å². The summed E-state index contributed by atoms with van der Waals surface area (Å²) in [6, 6.07) is 7.51. The molecule has 1 aromatic heterocycles. The van der Waals surface area contributed by atoms with Gasteiger partial charge in [0.15, 0.2) is 0 Å². The fraction of sp³-hybridized carbons (Fsp3) is 0.476. The third-order valence-corrected chi connectivity index (χ3v) is 4.76. The number of benzene rings is 1. The molecule has 0 N–H and O–H groups in total. The lowest BCUT2D eigenvalue weighted by molar-refractivity contribution is 0.0416. The molecule has 0 aliphatic rings. The van der Waals surface area contributed by atoms with Crippen molar-refractivity contribution in [3.8, 4) is 17.3 Å². The molecule has 0 aliphatic carbocycles. The van der Waals surface area contributed by atoms with Crippen LogP contribution in [0.15, 0.2) is 30.5 Å². The van der Waals surface area contributed by atoms with Gasteiger partial charge in [0.05, 0.1) is 12.3 Å². The Labute approximate surface area is 177 Å². The molecule has 29 heavy (non-hydrogen) atoms. The lowest BCUT2D eigenvalue weighted by atomic mass is 10.1. The number of carbonyl (C=O) groups excluding carboxylic acids is 1. The summed E-state index contributed by atoms with van der Waals surface area (Å²) in [6.07, 6.45) is 2.28. The summed E-state index contributed by atoms with van der Waals surface area (Å²) in [7, 11) is 7.87. The van der Waals surface area contributed by atoms with Gasteiger partial charge >= 0.3 is 12.0 Å². The molecule has 0 spiro atoms. The van der Waals surface area contributed by atoms with Crippen LogP contribution in [-0.2, 0) is 4.74 Å². The minimum Gasteiger partial charge on any atom is -0.463 e. The number of aromatic nitrogens is 2. The fourth-order valence-electron chi connectivity index (χ4n) is 2.41. The van der Waals surface area contributed by atoms with Crippen LogP contribution in [0, 0.1) is 0 Å². The van der Waals surface area contributed by atoms with E-state index in [9.17, 15) is 4.79 Å². The Morgan fingerprint density at radius 3 is 2.59 bits per heavy atom. The maximum atomic E-state index is 12.7. The second-order valence-electron chi connectivity index (χ2n) is 7.31. The van der Waals surface area contributed by atoms with Gasteiger partial charge in [-0.05, 0) is 47.6 Å². The summed E-state index contributed by atoms with van der Waals surface area (Å²) in [5.74, 6) is -0.493. The van der Waals surface area contributed by atoms with E-state index in [1.54, 1.807) is 12.1 Å². The smallest absolute Gasteiger partial charge is 0.342 e. The Morgan fingerprint density at radius 1 is 1.21 bits per heavy atom. The topological polar surface area (TPSA) is 67.8 Å². The molecule has 1 unspecified atom stereocenters. The van der Waals surface area contributed by atoms with Crippen LogP contribution >= 0.6 is 11.6 Å². The van der Waals surface area contributed by atoms with Crippen molar-refractivity contribution in [3.05, 3.63) is 41.0 Å². The normalized spacial score (nSPS) is 12.3. The van der Waals surface area contributed by atoms with Crippen molar-refractivity contribution in [3.63, 3.8) is 0 Å². The minimum absolute atomic E-state index is 0.0861. The van der Waals surface area contributed by atoms with Crippen molar-refractivity contribution in [2.24, 2.45) is 0 Å². The molecule has 0 aliphatic heterocycles. The number of likely N-dealkylation sites (N-methyl/N-ethyl adjacent to an activating group) is 1. The molecule has 0 bridgehead atoms. The molecule has 0 saturated heterocycles. The van der Waals surface area contributed by atoms with Gasteiger partial charge in [0.2, 0.25) is 0 Å². The molecule has 1 atom stereocenters. The largest absolute Gasteiger partial charge is 0.463 e. The van der Waals surface area contributed by atoms with Crippen LogP contribution < -0.4 is 4.74 Å². The number of ether oxygens (including phenoxy) is 2. The zero-order valence-corrected chi connectivity index (χ0v) is 18.4. The van der Waals surface area contributed by atoms with E-state index in [0.717, 1.165) is 13.0 Å². The van der Waals surface area contributed by atoms with E-state index in [1.165, 1.54) is 6.20 Å². The highest BCUT2D eigenvalue weighted by atomic mass is 35.5. The van der Waals surface area contributed by atoms with Crippen molar-refractivity contribution in [1.82, 2.24) is 19.8 Å². The Kier molecular flexibility index (Phi) is 8.82.